The fourth-order valence-corrected chi connectivity index (χ4v) is 3.44. The van der Waals surface area contributed by atoms with Crippen LogP contribution in [0.15, 0.2) is 78.9 Å². The van der Waals surface area contributed by atoms with Crippen LogP contribution in [0.4, 0.5) is 11.4 Å². The van der Waals surface area contributed by atoms with Crippen molar-refractivity contribution >= 4 is 23.2 Å². The van der Waals surface area contributed by atoms with Crippen molar-refractivity contribution in [3.63, 3.8) is 0 Å². The molecule has 1 heterocycles. The number of ether oxygens (including phenoxy) is 1. The Labute approximate surface area is 170 Å². The van der Waals surface area contributed by atoms with Crippen molar-refractivity contribution in [2.75, 3.05) is 23.4 Å². The molecule has 5 nitrogen and oxygen atoms in total. The number of hydrogen-bond acceptors (Lipinski definition) is 3. The van der Waals surface area contributed by atoms with Crippen molar-refractivity contribution in [2.24, 2.45) is 0 Å². The lowest BCUT2D eigenvalue weighted by atomic mass is 10.1. The molecule has 146 valence electrons. The third-order valence-electron chi connectivity index (χ3n) is 5.00. The van der Waals surface area contributed by atoms with Gasteiger partial charge in [-0.05, 0) is 55.0 Å². The maximum Gasteiger partial charge on any atom is 0.258 e. The molecule has 0 unspecified atom stereocenters. The predicted molar refractivity (Wildman–Crippen MR) is 114 cm³/mol. The normalized spacial score (nSPS) is 13.4. The Kier molecular flexibility index (Phi) is 5.29. The van der Waals surface area contributed by atoms with Crippen LogP contribution in [0, 0.1) is 0 Å². The van der Waals surface area contributed by atoms with Gasteiger partial charge in [0.25, 0.3) is 5.91 Å². The molecule has 3 aromatic rings. The van der Waals surface area contributed by atoms with Gasteiger partial charge in [-0.2, -0.15) is 0 Å². The van der Waals surface area contributed by atoms with Crippen molar-refractivity contribution in [3.8, 4) is 11.5 Å². The van der Waals surface area contributed by atoms with Crippen LogP contribution in [0.25, 0.3) is 0 Å². The van der Waals surface area contributed by atoms with Gasteiger partial charge in [-0.25, -0.2) is 0 Å². The molecule has 29 heavy (non-hydrogen) atoms. The van der Waals surface area contributed by atoms with Gasteiger partial charge in [-0.1, -0.05) is 30.3 Å². The van der Waals surface area contributed by atoms with E-state index in [1.165, 1.54) is 0 Å². The molecule has 1 aliphatic heterocycles. The molecule has 0 saturated carbocycles. The second-order valence-corrected chi connectivity index (χ2v) is 6.94. The second-order valence-electron chi connectivity index (χ2n) is 6.94. The Morgan fingerprint density at radius 2 is 1.62 bits per heavy atom. The topological polar surface area (TPSA) is 49.9 Å². The third-order valence-corrected chi connectivity index (χ3v) is 5.00. The molecule has 1 aliphatic rings. The molecule has 0 spiro atoms. The first-order valence-corrected chi connectivity index (χ1v) is 9.64. The molecular weight excluding hydrogens is 364 g/mol. The Balaban J connectivity index is 1.54. The summed E-state index contributed by atoms with van der Waals surface area (Å²) in [5, 5.41) is 0. The summed E-state index contributed by atoms with van der Waals surface area (Å²) >= 11 is 0. The molecule has 0 aliphatic carbocycles. The summed E-state index contributed by atoms with van der Waals surface area (Å²) in [7, 11) is 1.73. The molecular formula is C24H22N2O3. The van der Waals surface area contributed by atoms with Crippen molar-refractivity contribution in [2.45, 2.75) is 12.8 Å². The van der Waals surface area contributed by atoms with E-state index >= 15 is 0 Å². The van der Waals surface area contributed by atoms with Crippen molar-refractivity contribution in [1.82, 2.24) is 0 Å². The van der Waals surface area contributed by atoms with Gasteiger partial charge < -0.3 is 14.5 Å². The summed E-state index contributed by atoms with van der Waals surface area (Å²) < 4.78 is 5.98. The van der Waals surface area contributed by atoms with E-state index in [1.807, 2.05) is 66.7 Å². The maximum atomic E-state index is 13.0. The smallest absolute Gasteiger partial charge is 0.258 e. The molecule has 0 atom stereocenters. The molecule has 3 aromatic carbocycles. The summed E-state index contributed by atoms with van der Waals surface area (Å²) in [6, 6.07) is 24.1. The maximum absolute atomic E-state index is 13.0. The number of hydrogen-bond donors (Lipinski definition) is 0. The second kappa shape index (κ2) is 8.19. The zero-order valence-electron chi connectivity index (χ0n) is 16.2. The van der Waals surface area contributed by atoms with Gasteiger partial charge in [0.15, 0.2) is 5.75 Å². The monoisotopic (exact) mass is 386 g/mol. The van der Waals surface area contributed by atoms with Gasteiger partial charge in [-0.3, -0.25) is 9.59 Å². The first-order valence-electron chi connectivity index (χ1n) is 9.64. The van der Waals surface area contributed by atoms with Crippen LogP contribution in [0.1, 0.15) is 23.2 Å². The zero-order valence-corrected chi connectivity index (χ0v) is 16.2. The van der Waals surface area contributed by atoms with Crippen molar-refractivity contribution in [1.29, 1.82) is 0 Å². The minimum atomic E-state index is -0.145. The lowest BCUT2D eigenvalue weighted by Crippen LogP contribution is -2.27. The minimum Gasteiger partial charge on any atom is -0.455 e. The van der Waals surface area contributed by atoms with Crippen molar-refractivity contribution < 1.29 is 14.3 Å². The van der Waals surface area contributed by atoms with E-state index in [1.54, 1.807) is 29.0 Å². The fraction of sp³-hybridized carbons (Fsp3) is 0.167. The van der Waals surface area contributed by atoms with E-state index in [0.717, 1.165) is 18.7 Å². The van der Waals surface area contributed by atoms with Crippen molar-refractivity contribution in [3.05, 3.63) is 84.4 Å². The summed E-state index contributed by atoms with van der Waals surface area (Å²) in [5.74, 6) is 1.30. The Morgan fingerprint density at radius 1 is 0.931 bits per heavy atom. The first kappa shape index (κ1) is 18.7. The minimum absolute atomic E-state index is 0.133. The lowest BCUT2D eigenvalue weighted by Gasteiger charge is -2.21. The highest BCUT2D eigenvalue weighted by molar-refractivity contribution is 6.07. The molecule has 4 rings (SSSR count). The van der Waals surface area contributed by atoms with Gasteiger partial charge in [-0.15, -0.1) is 0 Å². The summed E-state index contributed by atoms with van der Waals surface area (Å²) in [6.45, 7) is 0.732. The standard InChI is InChI=1S/C24H22N2O3/c1-25(21-10-5-6-11-22(21)29-20-8-3-2-4-9-20)24(28)18-13-15-19(16-14-18)26-17-7-12-23(26)27/h2-6,8-11,13-16H,7,12,17H2,1H3. The van der Waals surface area contributed by atoms with Crippen LogP contribution in [-0.4, -0.2) is 25.4 Å². The number of rotatable bonds is 5. The van der Waals surface area contributed by atoms with Gasteiger partial charge in [0.1, 0.15) is 5.75 Å². The van der Waals surface area contributed by atoms with Crippen LogP contribution >= 0.6 is 0 Å². The molecule has 0 bridgehead atoms. The van der Waals surface area contributed by atoms with E-state index in [0.29, 0.717) is 29.2 Å². The SMILES string of the molecule is CN(C(=O)c1ccc(N2CCCC2=O)cc1)c1ccccc1Oc1ccccc1. The van der Waals surface area contributed by atoms with E-state index in [-0.39, 0.29) is 11.8 Å². The fourth-order valence-electron chi connectivity index (χ4n) is 3.44. The molecule has 2 amide bonds. The average Bonchev–Trinajstić information content (AvgIpc) is 3.20. The highest BCUT2D eigenvalue weighted by atomic mass is 16.5. The average molecular weight is 386 g/mol. The number of carbonyl (C=O) groups is 2. The molecule has 1 saturated heterocycles. The highest BCUT2D eigenvalue weighted by Crippen LogP contribution is 2.32. The molecule has 0 N–H and O–H groups in total. The number of nitrogens with zero attached hydrogens (tertiary/aromatic N) is 2. The van der Waals surface area contributed by atoms with Gasteiger partial charge >= 0.3 is 0 Å². The number of carbonyl (C=O) groups excluding carboxylic acids is 2. The summed E-state index contributed by atoms with van der Waals surface area (Å²) in [5.41, 5.74) is 2.07. The highest BCUT2D eigenvalue weighted by Gasteiger charge is 2.22. The number of para-hydroxylation sites is 3. The van der Waals surface area contributed by atoms with E-state index < -0.39 is 0 Å². The van der Waals surface area contributed by atoms with Crippen LogP contribution in [-0.2, 0) is 4.79 Å². The Hall–Kier alpha value is -3.60. The number of benzene rings is 3. The van der Waals surface area contributed by atoms with Gasteiger partial charge in [0.05, 0.1) is 5.69 Å². The van der Waals surface area contributed by atoms with E-state index in [9.17, 15) is 9.59 Å². The first-order chi connectivity index (χ1) is 14.1. The van der Waals surface area contributed by atoms with Crippen LogP contribution in [0.5, 0.6) is 11.5 Å². The van der Waals surface area contributed by atoms with Gasteiger partial charge in [0.2, 0.25) is 5.91 Å². The van der Waals surface area contributed by atoms with Crippen LogP contribution in [0.2, 0.25) is 0 Å². The number of anilines is 2. The summed E-state index contributed by atoms with van der Waals surface area (Å²) in [6.07, 6.45) is 1.46. The van der Waals surface area contributed by atoms with Crippen LogP contribution in [0.3, 0.4) is 0 Å². The Morgan fingerprint density at radius 3 is 2.31 bits per heavy atom. The summed E-state index contributed by atoms with van der Waals surface area (Å²) in [4.78, 5) is 28.3. The number of amides is 2. The third kappa shape index (κ3) is 3.99. The quantitative estimate of drug-likeness (QED) is 0.628. The van der Waals surface area contributed by atoms with Crippen LogP contribution < -0.4 is 14.5 Å². The molecule has 1 fully saturated rings. The van der Waals surface area contributed by atoms with E-state index in [2.05, 4.69) is 0 Å². The molecule has 0 radical (unpaired) electrons. The molecule has 0 aromatic heterocycles. The molecule has 5 heteroatoms. The predicted octanol–water partition coefficient (Wildman–Crippen LogP) is 4.88. The van der Waals surface area contributed by atoms with E-state index in [4.69, 9.17) is 4.74 Å². The Bertz CT molecular complexity index is 1020. The lowest BCUT2D eigenvalue weighted by molar-refractivity contribution is -0.117. The zero-order chi connectivity index (χ0) is 20.2. The largest absolute Gasteiger partial charge is 0.455 e. The van der Waals surface area contributed by atoms with Gasteiger partial charge in [0, 0.05) is 31.3 Å².